The van der Waals surface area contributed by atoms with Gasteiger partial charge in [-0.25, -0.2) is 0 Å². The van der Waals surface area contributed by atoms with Crippen LogP contribution >= 0.6 is 0 Å². The van der Waals surface area contributed by atoms with Crippen molar-refractivity contribution in [3.8, 4) is 11.5 Å². The number of nitrogens with zero attached hydrogens (tertiary/aromatic N) is 1. The van der Waals surface area contributed by atoms with E-state index in [0.717, 1.165) is 18.7 Å². The number of methoxy groups -OCH3 is 2. The molecule has 1 saturated heterocycles. The number of nitrogens with one attached hydrogen (secondary N) is 2. The molecule has 180 valence electrons. The summed E-state index contributed by atoms with van der Waals surface area (Å²) in [6.45, 7) is 6.90. The van der Waals surface area contributed by atoms with Crippen LogP contribution in [0.5, 0.6) is 11.5 Å². The van der Waals surface area contributed by atoms with Crippen LogP contribution in [0.25, 0.3) is 0 Å². The van der Waals surface area contributed by atoms with Crippen molar-refractivity contribution >= 4 is 11.8 Å². The van der Waals surface area contributed by atoms with Gasteiger partial charge in [-0.2, -0.15) is 0 Å². The van der Waals surface area contributed by atoms with Gasteiger partial charge < -0.3 is 29.3 Å². The molecule has 2 heterocycles. The highest BCUT2D eigenvalue weighted by atomic mass is 16.5. The van der Waals surface area contributed by atoms with Gasteiger partial charge in [-0.3, -0.25) is 14.5 Å². The van der Waals surface area contributed by atoms with E-state index in [-0.39, 0.29) is 23.6 Å². The Morgan fingerprint density at radius 2 is 1.82 bits per heavy atom. The summed E-state index contributed by atoms with van der Waals surface area (Å²) in [6.07, 6.45) is 1.43. The summed E-state index contributed by atoms with van der Waals surface area (Å²) in [5, 5.41) is 5.82. The van der Waals surface area contributed by atoms with Gasteiger partial charge in [0.25, 0.3) is 5.91 Å². The van der Waals surface area contributed by atoms with Crippen LogP contribution in [0.2, 0.25) is 0 Å². The number of amides is 2. The average molecular weight is 460 g/mol. The van der Waals surface area contributed by atoms with E-state index in [0.29, 0.717) is 31.3 Å². The van der Waals surface area contributed by atoms with Gasteiger partial charge in [0.2, 0.25) is 5.91 Å². The van der Waals surface area contributed by atoms with E-state index in [2.05, 4.69) is 15.5 Å². The van der Waals surface area contributed by atoms with Crippen molar-refractivity contribution < 1.29 is 28.2 Å². The third kappa shape index (κ3) is 6.27. The Morgan fingerprint density at radius 1 is 1.09 bits per heavy atom. The maximum absolute atomic E-state index is 13.1. The van der Waals surface area contributed by atoms with Crippen LogP contribution < -0.4 is 20.1 Å². The maximum atomic E-state index is 13.1. The Labute approximate surface area is 194 Å². The van der Waals surface area contributed by atoms with Crippen molar-refractivity contribution in [2.24, 2.45) is 5.92 Å². The monoisotopic (exact) mass is 459 g/mol. The topological polar surface area (TPSA) is 102 Å². The Bertz CT molecular complexity index is 909. The summed E-state index contributed by atoms with van der Waals surface area (Å²) in [6, 6.07) is 8.19. The lowest BCUT2D eigenvalue weighted by Gasteiger charge is -2.35. The first-order valence-electron chi connectivity index (χ1n) is 11.1. The second-order valence-corrected chi connectivity index (χ2v) is 8.20. The number of benzene rings is 1. The third-order valence-electron chi connectivity index (χ3n) is 5.73. The molecule has 0 spiro atoms. The highest BCUT2D eigenvalue weighted by Gasteiger charge is 2.28. The lowest BCUT2D eigenvalue weighted by atomic mass is 10.0. The van der Waals surface area contributed by atoms with E-state index < -0.39 is 11.9 Å². The van der Waals surface area contributed by atoms with Crippen molar-refractivity contribution in [1.29, 1.82) is 0 Å². The van der Waals surface area contributed by atoms with Crippen LogP contribution in [-0.4, -0.2) is 69.8 Å². The molecule has 2 N–H and O–H groups in total. The quantitative estimate of drug-likeness (QED) is 0.562. The molecule has 0 radical (unpaired) electrons. The van der Waals surface area contributed by atoms with Gasteiger partial charge in [0, 0.05) is 19.6 Å². The number of carbonyl (C=O) groups is 2. The Hall–Kier alpha value is -3.04. The molecule has 2 atom stereocenters. The second kappa shape index (κ2) is 11.7. The van der Waals surface area contributed by atoms with E-state index in [9.17, 15) is 9.59 Å². The number of furan rings is 1. The van der Waals surface area contributed by atoms with Crippen LogP contribution in [0.1, 0.15) is 36.0 Å². The first-order chi connectivity index (χ1) is 15.9. The molecule has 1 aromatic carbocycles. The van der Waals surface area contributed by atoms with Crippen molar-refractivity contribution in [3.05, 3.63) is 47.9 Å². The molecule has 1 aliphatic heterocycles. The minimum absolute atomic E-state index is 0.0914. The van der Waals surface area contributed by atoms with Gasteiger partial charge in [0.1, 0.15) is 6.04 Å². The van der Waals surface area contributed by atoms with Gasteiger partial charge in [0.05, 0.1) is 39.7 Å². The van der Waals surface area contributed by atoms with Crippen LogP contribution in [-0.2, 0) is 9.53 Å². The van der Waals surface area contributed by atoms with E-state index in [1.807, 2.05) is 32.0 Å². The SMILES string of the molecule is COc1ccc(C(CNC(=O)C(NC(=O)c2ccco2)C(C)C)N2CCOCC2)cc1OC. The molecule has 3 rings (SSSR count). The molecule has 9 heteroatoms. The van der Waals surface area contributed by atoms with Crippen LogP contribution in [0.15, 0.2) is 41.0 Å². The lowest BCUT2D eigenvalue weighted by Crippen LogP contribution is -2.51. The first kappa shape index (κ1) is 24.6. The molecule has 9 nitrogen and oxygen atoms in total. The van der Waals surface area contributed by atoms with E-state index in [1.54, 1.807) is 26.4 Å². The number of hydrogen-bond donors (Lipinski definition) is 2. The van der Waals surface area contributed by atoms with Gasteiger partial charge in [-0.1, -0.05) is 19.9 Å². The molecule has 0 saturated carbocycles. The molecule has 1 aliphatic rings. The molecule has 2 aromatic rings. The van der Waals surface area contributed by atoms with Crippen LogP contribution in [0.4, 0.5) is 0 Å². The molecule has 33 heavy (non-hydrogen) atoms. The van der Waals surface area contributed by atoms with Crippen molar-refractivity contribution in [3.63, 3.8) is 0 Å². The second-order valence-electron chi connectivity index (χ2n) is 8.20. The number of hydrogen-bond acceptors (Lipinski definition) is 7. The molecule has 1 aromatic heterocycles. The molecular weight excluding hydrogens is 426 g/mol. The number of morpholine rings is 1. The summed E-state index contributed by atoms with van der Waals surface area (Å²) >= 11 is 0. The standard InChI is InChI=1S/C24H33N3O6/c1-16(2)22(26-23(28)20-6-5-11-33-20)24(29)25-15-18(27-9-12-32-13-10-27)17-7-8-19(30-3)21(14-17)31-4/h5-8,11,14,16,18,22H,9-10,12-13,15H2,1-4H3,(H,25,29)(H,26,28). The Morgan fingerprint density at radius 3 is 2.42 bits per heavy atom. The van der Waals surface area contributed by atoms with E-state index >= 15 is 0 Å². The summed E-state index contributed by atoms with van der Waals surface area (Å²) < 4.78 is 21.5. The molecule has 2 amide bonds. The highest BCUT2D eigenvalue weighted by molar-refractivity contribution is 5.95. The minimum Gasteiger partial charge on any atom is -0.493 e. The number of carbonyl (C=O) groups excluding carboxylic acids is 2. The maximum Gasteiger partial charge on any atom is 0.287 e. The summed E-state index contributed by atoms with van der Waals surface area (Å²) in [4.78, 5) is 27.8. The van der Waals surface area contributed by atoms with Gasteiger partial charge in [-0.15, -0.1) is 0 Å². The predicted octanol–water partition coefficient (Wildman–Crippen LogP) is 2.24. The van der Waals surface area contributed by atoms with Gasteiger partial charge >= 0.3 is 0 Å². The Balaban J connectivity index is 1.75. The summed E-state index contributed by atoms with van der Waals surface area (Å²) in [7, 11) is 3.20. The average Bonchev–Trinajstić information content (AvgIpc) is 3.38. The summed E-state index contributed by atoms with van der Waals surface area (Å²) in [5.41, 5.74) is 0.996. The van der Waals surface area contributed by atoms with Crippen molar-refractivity contribution in [1.82, 2.24) is 15.5 Å². The third-order valence-corrected chi connectivity index (χ3v) is 5.73. The molecular formula is C24H33N3O6. The van der Waals surface area contributed by atoms with Crippen LogP contribution in [0.3, 0.4) is 0 Å². The van der Waals surface area contributed by atoms with Crippen molar-refractivity contribution in [2.45, 2.75) is 25.9 Å². The van der Waals surface area contributed by atoms with E-state index in [1.165, 1.54) is 6.26 Å². The first-order valence-corrected chi connectivity index (χ1v) is 11.1. The number of ether oxygens (including phenoxy) is 3. The predicted molar refractivity (Wildman–Crippen MR) is 122 cm³/mol. The fourth-order valence-electron chi connectivity index (χ4n) is 3.87. The zero-order valence-corrected chi connectivity index (χ0v) is 19.6. The normalized spacial score (nSPS) is 16.2. The highest BCUT2D eigenvalue weighted by Crippen LogP contribution is 2.32. The lowest BCUT2D eigenvalue weighted by molar-refractivity contribution is -0.124. The summed E-state index contributed by atoms with van der Waals surface area (Å²) in [5.74, 6) is 0.677. The molecule has 0 bridgehead atoms. The largest absolute Gasteiger partial charge is 0.493 e. The zero-order valence-electron chi connectivity index (χ0n) is 19.6. The van der Waals surface area contributed by atoms with Gasteiger partial charge in [-0.05, 0) is 35.7 Å². The minimum atomic E-state index is -0.696. The molecule has 2 unspecified atom stereocenters. The van der Waals surface area contributed by atoms with Gasteiger partial charge in [0.15, 0.2) is 17.3 Å². The molecule has 1 fully saturated rings. The smallest absolute Gasteiger partial charge is 0.287 e. The van der Waals surface area contributed by atoms with E-state index in [4.69, 9.17) is 18.6 Å². The fraction of sp³-hybridized carbons (Fsp3) is 0.500. The Kier molecular flexibility index (Phi) is 8.73. The fourth-order valence-corrected chi connectivity index (χ4v) is 3.87. The molecule has 0 aliphatic carbocycles. The number of rotatable bonds is 10. The van der Waals surface area contributed by atoms with Crippen LogP contribution in [0, 0.1) is 5.92 Å². The zero-order chi connectivity index (χ0) is 23.8. The van der Waals surface area contributed by atoms with Crippen molar-refractivity contribution in [2.75, 3.05) is 47.1 Å².